The molecule has 25 heavy (non-hydrogen) atoms. The molecule has 0 aromatic heterocycles. The number of carbonyl (C=O) groups is 2. The molecule has 5 nitrogen and oxygen atoms in total. The first-order valence-corrected chi connectivity index (χ1v) is 7.39. The Morgan fingerprint density at radius 3 is 1.24 bits per heavy atom. The van der Waals surface area contributed by atoms with Gasteiger partial charge in [0.15, 0.2) is 0 Å². The third kappa shape index (κ3) is 26.1. The maximum absolute atomic E-state index is 10.1. The van der Waals surface area contributed by atoms with Crippen LogP contribution >= 0.6 is 0 Å². The normalized spacial score (nSPS) is 7.72. The highest BCUT2D eigenvalue weighted by atomic mass is 17.2. The highest BCUT2D eigenvalue weighted by molar-refractivity contribution is 5.80. The first-order chi connectivity index (χ1) is 12.1. The van der Waals surface area contributed by atoms with Gasteiger partial charge in [-0.1, -0.05) is 86.0 Å². The van der Waals surface area contributed by atoms with Crippen molar-refractivity contribution in [2.24, 2.45) is 0 Å². The first-order valence-electron chi connectivity index (χ1n) is 7.39. The summed E-state index contributed by atoms with van der Waals surface area (Å²) in [5, 5.41) is 7.60. The quantitative estimate of drug-likeness (QED) is 0.509. The second-order valence-corrected chi connectivity index (χ2v) is 3.86. The molecule has 0 atom stereocenters. The minimum atomic E-state index is -0.981. The summed E-state index contributed by atoms with van der Waals surface area (Å²) >= 11 is 0. The van der Waals surface area contributed by atoms with Gasteiger partial charge in [0.05, 0.1) is 6.61 Å². The summed E-state index contributed by atoms with van der Waals surface area (Å²) in [6.07, 6.45) is 1.87. The van der Waals surface area contributed by atoms with Crippen LogP contribution in [0.1, 0.15) is 6.92 Å². The number of carboxylic acids is 1. The third-order valence-electron chi connectivity index (χ3n) is 1.93. The molecule has 0 amide bonds. The fourth-order valence-corrected chi connectivity index (χ4v) is 0.921. The molecular formula is C20H24O5. The summed E-state index contributed by atoms with van der Waals surface area (Å²) in [5.74, 6) is -1.54. The summed E-state index contributed by atoms with van der Waals surface area (Å²) in [4.78, 5) is 27.7. The van der Waals surface area contributed by atoms with Crippen LogP contribution in [0, 0.1) is 0 Å². The van der Waals surface area contributed by atoms with Gasteiger partial charge in [-0.3, -0.25) is 4.89 Å². The Morgan fingerprint density at radius 2 is 1.08 bits per heavy atom. The molecular weight excluding hydrogens is 320 g/mol. The lowest BCUT2D eigenvalue weighted by Crippen LogP contribution is -2.00. The molecule has 0 bridgehead atoms. The Labute approximate surface area is 148 Å². The summed E-state index contributed by atoms with van der Waals surface area (Å²) in [7, 11) is 0. The summed E-state index contributed by atoms with van der Waals surface area (Å²) < 4.78 is 0. The molecule has 0 saturated carbocycles. The van der Waals surface area contributed by atoms with Crippen LogP contribution in [-0.2, 0) is 19.4 Å². The third-order valence-corrected chi connectivity index (χ3v) is 1.93. The lowest BCUT2D eigenvalue weighted by Gasteiger charge is -1.93. The van der Waals surface area contributed by atoms with Gasteiger partial charge in [0.25, 0.3) is 0 Å². The molecule has 134 valence electrons. The van der Waals surface area contributed by atoms with Crippen molar-refractivity contribution in [1.82, 2.24) is 0 Å². The van der Waals surface area contributed by atoms with E-state index >= 15 is 0 Å². The number of benzene rings is 2. The van der Waals surface area contributed by atoms with Crippen molar-refractivity contribution in [1.29, 1.82) is 0 Å². The standard InChI is InChI=1S/2C6H6.C5H8O3.C3H4O2/c2*1-2-4-6-5-3-1;1-3-5(6)8-7-4-2;1-2-3(4)5/h2*1-6H;3H,1,4H2,2H3;2H,1H2,(H,4,5). The predicted molar refractivity (Wildman–Crippen MR) is 98.6 cm³/mol. The summed E-state index contributed by atoms with van der Waals surface area (Å²) in [5.41, 5.74) is 0. The van der Waals surface area contributed by atoms with Crippen LogP contribution in [0.5, 0.6) is 0 Å². The summed E-state index contributed by atoms with van der Waals surface area (Å²) in [6.45, 7) is 8.20. The van der Waals surface area contributed by atoms with Crippen molar-refractivity contribution in [3.05, 3.63) is 98.1 Å². The molecule has 1 N–H and O–H groups in total. The molecule has 0 aliphatic carbocycles. The second kappa shape index (κ2) is 20.8. The molecule has 0 saturated heterocycles. The molecule has 0 fully saturated rings. The SMILES string of the molecule is C=CC(=O)O.C=CC(=O)OOCC.c1ccccc1.c1ccccc1. The smallest absolute Gasteiger partial charge is 0.365 e. The van der Waals surface area contributed by atoms with Gasteiger partial charge in [-0.2, -0.15) is 4.89 Å². The molecule has 0 spiro atoms. The van der Waals surface area contributed by atoms with Gasteiger partial charge in [-0.25, -0.2) is 9.59 Å². The van der Waals surface area contributed by atoms with Gasteiger partial charge in [0, 0.05) is 12.2 Å². The van der Waals surface area contributed by atoms with E-state index in [0.717, 1.165) is 12.2 Å². The Bertz CT molecular complexity index is 468. The minimum Gasteiger partial charge on any atom is -0.478 e. The maximum atomic E-state index is 10.1. The van der Waals surface area contributed by atoms with Crippen LogP contribution in [0.25, 0.3) is 0 Å². The molecule has 2 rings (SSSR count). The number of rotatable bonds is 4. The van der Waals surface area contributed by atoms with Gasteiger partial charge in [-0.05, 0) is 6.92 Å². The van der Waals surface area contributed by atoms with E-state index in [1.165, 1.54) is 0 Å². The molecule has 0 radical (unpaired) electrons. The number of aliphatic carboxylic acids is 1. The molecule has 0 aliphatic rings. The zero-order valence-corrected chi connectivity index (χ0v) is 14.3. The fourth-order valence-electron chi connectivity index (χ4n) is 0.921. The van der Waals surface area contributed by atoms with E-state index in [1.54, 1.807) is 6.92 Å². The van der Waals surface area contributed by atoms with Crippen LogP contribution in [0.4, 0.5) is 0 Å². The molecule has 2 aromatic carbocycles. The van der Waals surface area contributed by atoms with Crippen LogP contribution in [0.3, 0.4) is 0 Å². The largest absolute Gasteiger partial charge is 0.478 e. The molecule has 5 heteroatoms. The van der Waals surface area contributed by atoms with Gasteiger partial charge in [0.2, 0.25) is 0 Å². The minimum absolute atomic E-state index is 0.361. The van der Waals surface area contributed by atoms with Crippen LogP contribution in [0.15, 0.2) is 98.1 Å². The molecule has 0 unspecified atom stereocenters. The van der Waals surface area contributed by atoms with Crippen molar-refractivity contribution < 1.29 is 24.5 Å². The predicted octanol–water partition coefficient (Wildman–Crippen LogP) is 4.30. The van der Waals surface area contributed by atoms with Crippen molar-refractivity contribution in [2.75, 3.05) is 6.61 Å². The monoisotopic (exact) mass is 344 g/mol. The fraction of sp³-hybridized carbons (Fsp3) is 0.100. The Morgan fingerprint density at radius 1 is 0.800 bits per heavy atom. The maximum Gasteiger partial charge on any atom is 0.365 e. The van der Waals surface area contributed by atoms with Crippen LogP contribution in [0.2, 0.25) is 0 Å². The Kier molecular flexibility index (Phi) is 20.1. The average molecular weight is 344 g/mol. The number of carbonyl (C=O) groups excluding carboxylic acids is 1. The van der Waals surface area contributed by atoms with Crippen molar-refractivity contribution >= 4 is 11.9 Å². The van der Waals surface area contributed by atoms with E-state index in [9.17, 15) is 9.59 Å². The zero-order valence-electron chi connectivity index (χ0n) is 14.3. The van der Waals surface area contributed by atoms with Gasteiger partial charge >= 0.3 is 11.9 Å². The Hall–Kier alpha value is -3.18. The zero-order chi connectivity index (χ0) is 19.2. The lowest BCUT2D eigenvalue weighted by atomic mass is 10.4. The van der Waals surface area contributed by atoms with E-state index in [-0.39, 0.29) is 0 Å². The van der Waals surface area contributed by atoms with E-state index in [4.69, 9.17) is 5.11 Å². The molecule has 0 aliphatic heterocycles. The van der Waals surface area contributed by atoms with Gasteiger partial charge < -0.3 is 5.11 Å². The number of hydrogen-bond acceptors (Lipinski definition) is 4. The highest BCUT2D eigenvalue weighted by Crippen LogP contribution is 1.80. The lowest BCUT2D eigenvalue weighted by molar-refractivity contribution is -0.264. The molecule has 2 aromatic rings. The topological polar surface area (TPSA) is 72.8 Å². The number of hydrogen-bond donors (Lipinski definition) is 1. The summed E-state index contributed by atoms with van der Waals surface area (Å²) in [6, 6.07) is 24.0. The first kappa shape index (κ1) is 24.1. The van der Waals surface area contributed by atoms with Crippen molar-refractivity contribution in [3.63, 3.8) is 0 Å². The average Bonchev–Trinajstić information content (AvgIpc) is 2.70. The van der Waals surface area contributed by atoms with Crippen molar-refractivity contribution in [3.8, 4) is 0 Å². The highest BCUT2D eigenvalue weighted by Gasteiger charge is 1.91. The van der Waals surface area contributed by atoms with E-state index in [2.05, 4.69) is 22.9 Å². The van der Waals surface area contributed by atoms with E-state index < -0.39 is 11.9 Å². The van der Waals surface area contributed by atoms with Gasteiger partial charge in [0.1, 0.15) is 0 Å². The Balaban J connectivity index is 0. The van der Waals surface area contributed by atoms with Crippen LogP contribution in [-0.4, -0.2) is 23.7 Å². The van der Waals surface area contributed by atoms with Gasteiger partial charge in [-0.15, -0.1) is 0 Å². The van der Waals surface area contributed by atoms with Crippen molar-refractivity contribution in [2.45, 2.75) is 6.92 Å². The van der Waals surface area contributed by atoms with E-state index in [0.29, 0.717) is 6.61 Å². The number of carboxylic acid groups (broad SMARTS) is 1. The molecule has 0 heterocycles. The second-order valence-electron chi connectivity index (χ2n) is 3.86. The van der Waals surface area contributed by atoms with E-state index in [1.807, 2.05) is 72.8 Å². The van der Waals surface area contributed by atoms with Crippen LogP contribution < -0.4 is 0 Å².